The molecule has 1 unspecified atom stereocenters. The van der Waals surface area contributed by atoms with E-state index in [1.54, 1.807) is 7.11 Å². The molecule has 2 aromatic rings. The lowest BCUT2D eigenvalue weighted by molar-refractivity contribution is 0.413. The predicted octanol–water partition coefficient (Wildman–Crippen LogP) is 6.21. The molecule has 0 radical (unpaired) electrons. The molecular formula is C15H15BrClNOS2. The summed E-state index contributed by atoms with van der Waals surface area (Å²) in [6.07, 6.45) is 1.09. The fourth-order valence-corrected chi connectivity index (χ4v) is 6.09. The molecule has 1 aliphatic rings. The van der Waals surface area contributed by atoms with Gasteiger partial charge in [-0.2, -0.15) is 0 Å². The van der Waals surface area contributed by atoms with E-state index < -0.39 is 0 Å². The molecule has 0 amide bonds. The number of hydrogen-bond acceptors (Lipinski definition) is 4. The first kappa shape index (κ1) is 15.5. The number of nitrogens with one attached hydrogen (secondary N) is 1. The van der Waals surface area contributed by atoms with Crippen molar-refractivity contribution >= 4 is 56.3 Å². The number of benzene rings is 1. The summed E-state index contributed by atoms with van der Waals surface area (Å²) in [7, 11) is 1.68. The lowest BCUT2D eigenvalue weighted by atomic mass is 10.0. The van der Waals surface area contributed by atoms with Crippen LogP contribution in [0.1, 0.15) is 24.9 Å². The normalized spacial score (nSPS) is 21.0. The third-order valence-corrected chi connectivity index (χ3v) is 6.60. The van der Waals surface area contributed by atoms with Gasteiger partial charge in [-0.05, 0) is 51.5 Å². The summed E-state index contributed by atoms with van der Waals surface area (Å²) in [5.41, 5.74) is 2.30. The van der Waals surface area contributed by atoms with Gasteiger partial charge in [-0.3, -0.25) is 0 Å². The first-order chi connectivity index (χ1) is 10.1. The number of thioether (sulfide) groups is 1. The van der Waals surface area contributed by atoms with Crippen LogP contribution in [-0.4, -0.2) is 12.4 Å². The number of halogens is 2. The number of rotatable bonds is 3. The molecule has 1 aromatic heterocycles. The monoisotopic (exact) mass is 403 g/mol. The highest BCUT2D eigenvalue weighted by Crippen LogP contribution is 2.46. The van der Waals surface area contributed by atoms with Gasteiger partial charge < -0.3 is 10.1 Å². The molecule has 1 N–H and O–H groups in total. The minimum atomic E-state index is 0.293. The van der Waals surface area contributed by atoms with E-state index in [0.717, 1.165) is 22.3 Å². The third-order valence-electron chi connectivity index (χ3n) is 3.45. The Labute approximate surface area is 146 Å². The highest BCUT2D eigenvalue weighted by molar-refractivity contribution is 9.10. The van der Waals surface area contributed by atoms with Crippen LogP contribution in [0.5, 0.6) is 5.75 Å². The molecule has 2 nitrogen and oxygen atoms in total. The van der Waals surface area contributed by atoms with Crippen LogP contribution in [0.3, 0.4) is 0 Å². The van der Waals surface area contributed by atoms with Crippen LogP contribution in [-0.2, 0) is 0 Å². The van der Waals surface area contributed by atoms with Gasteiger partial charge in [0.2, 0.25) is 0 Å². The molecule has 1 aromatic carbocycles. The maximum absolute atomic E-state index is 6.18. The third kappa shape index (κ3) is 3.21. The first-order valence-electron chi connectivity index (χ1n) is 6.62. The molecule has 0 fully saturated rings. The summed E-state index contributed by atoms with van der Waals surface area (Å²) in [6, 6.07) is 6.27. The number of fused-ring (bicyclic) bond motifs is 1. The minimum Gasteiger partial charge on any atom is -0.493 e. The van der Waals surface area contributed by atoms with E-state index in [0.29, 0.717) is 16.3 Å². The molecule has 0 saturated heterocycles. The van der Waals surface area contributed by atoms with Crippen LogP contribution < -0.4 is 10.1 Å². The number of anilines is 1. The van der Waals surface area contributed by atoms with Crippen LogP contribution >= 0.6 is 50.6 Å². The van der Waals surface area contributed by atoms with Gasteiger partial charge in [-0.15, -0.1) is 23.1 Å². The average Bonchev–Trinajstić information content (AvgIpc) is 2.86. The summed E-state index contributed by atoms with van der Waals surface area (Å²) in [5.74, 6) is 0.794. The summed E-state index contributed by atoms with van der Waals surface area (Å²) < 4.78 is 7.77. The predicted molar refractivity (Wildman–Crippen MR) is 96.3 cm³/mol. The quantitative estimate of drug-likeness (QED) is 0.657. The Bertz CT molecular complexity index is 661. The van der Waals surface area contributed by atoms with Crippen LogP contribution in [0, 0.1) is 0 Å². The van der Waals surface area contributed by atoms with E-state index in [9.17, 15) is 0 Å². The Morgan fingerprint density at radius 1 is 1.43 bits per heavy atom. The lowest BCUT2D eigenvalue weighted by Gasteiger charge is -2.29. The molecule has 1 aliphatic heterocycles. The number of methoxy groups -OCH3 is 1. The largest absolute Gasteiger partial charge is 0.493 e. The Balaban J connectivity index is 1.95. The molecule has 6 heteroatoms. The van der Waals surface area contributed by atoms with Crippen LogP contribution in [0.25, 0.3) is 0 Å². The van der Waals surface area contributed by atoms with Crippen molar-refractivity contribution in [2.45, 2.75) is 28.8 Å². The van der Waals surface area contributed by atoms with Gasteiger partial charge >= 0.3 is 0 Å². The number of thiophene rings is 1. The van der Waals surface area contributed by atoms with Gasteiger partial charge in [-0.25, -0.2) is 0 Å². The molecule has 0 bridgehead atoms. The van der Waals surface area contributed by atoms with Crippen LogP contribution in [0.4, 0.5) is 5.69 Å². The van der Waals surface area contributed by atoms with E-state index in [1.807, 2.05) is 35.2 Å². The van der Waals surface area contributed by atoms with E-state index in [-0.39, 0.29) is 0 Å². The second-order valence-electron chi connectivity index (χ2n) is 4.99. The van der Waals surface area contributed by atoms with Crippen molar-refractivity contribution in [3.8, 4) is 5.75 Å². The van der Waals surface area contributed by atoms with Crippen LogP contribution in [0.15, 0.2) is 32.3 Å². The highest BCUT2D eigenvalue weighted by atomic mass is 79.9. The Morgan fingerprint density at radius 3 is 3.00 bits per heavy atom. The van der Waals surface area contributed by atoms with Gasteiger partial charge in [0.15, 0.2) is 5.75 Å². The van der Waals surface area contributed by atoms with Crippen molar-refractivity contribution in [1.29, 1.82) is 0 Å². The molecule has 21 heavy (non-hydrogen) atoms. The SMILES string of the molecule is COc1c(Br)cc(Cl)cc1NC1C[C@H](C)Sc2sccc21. The topological polar surface area (TPSA) is 21.3 Å². The average molecular weight is 405 g/mol. The zero-order valence-corrected chi connectivity index (χ0v) is 15.6. The smallest absolute Gasteiger partial charge is 0.156 e. The second-order valence-corrected chi connectivity index (χ2v) is 8.91. The van der Waals surface area contributed by atoms with E-state index in [4.69, 9.17) is 16.3 Å². The van der Waals surface area contributed by atoms with Crippen molar-refractivity contribution in [2.75, 3.05) is 12.4 Å². The van der Waals surface area contributed by atoms with E-state index in [2.05, 4.69) is 39.6 Å². The van der Waals surface area contributed by atoms with Gasteiger partial charge in [0, 0.05) is 10.3 Å². The fraction of sp³-hybridized carbons (Fsp3) is 0.333. The number of hydrogen-bond donors (Lipinski definition) is 1. The molecule has 112 valence electrons. The van der Waals surface area contributed by atoms with E-state index >= 15 is 0 Å². The maximum Gasteiger partial charge on any atom is 0.156 e. The summed E-state index contributed by atoms with van der Waals surface area (Å²) in [5, 5.41) is 7.06. The fourth-order valence-electron chi connectivity index (χ4n) is 2.55. The summed E-state index contributed by atoms with van der Waals surface area (Å²) >= 11 is 13.5. The molecule has 0 saturated carbocycles. The van der Waals surface area contributed by atoms with Crippen molar-refractivity contribution in [2.24, 2.45) is 0 Å². The van der Waals surface area contributed by atoms with Gasteiger partial charge in [0.25, 0.3) is 0 Å². The van der Waals surface area contributed by atoms with Crippen molar-refractivity contribution in [1.82, 2.24) is 0 Å². The molecule has 3 rings (SSSR count). The van der Waals surface area contributed by atoms with Crippen molar-refractivity contribution in [3.05, 3.63) is 38.6 Å². The zero-order valence-electron chi connectivity index (χ0n) is 11.7. The first-order valence-corrected chi connectivity index (χ1v) is 9.55. The zero-order chi connectivity index (χ0) is 15.0. The van der Waals surface area contributed by atoms with Gasteiger partial charge in [0.1, 0.15) is 0 Å². The standard InChI is InChI=1S/C15H15BrClNOS2/c1-8-5-12(10-3-4-20-15(10)21-8)18-13-7-9(17)6-11(16)14(13)19-2/h3-4,6-8,12,18H,5H2,1-2H3/t8-,12?/m0/s1. The second kappa shape index (κ2) is 6.41. The highest BCUT2D eigenvalue weighted by Gasteiger charge is 2.27. The van der Waals surface area contributed by atoms with Gasteiger partial charge in [0.05, 0.1) is 27.5 Å². The molecule has 0 aliphatic carbocycles. The van der Waals surface area contributed by atoms with Gasteiger partial charge in [-0.1, -0.05) is 18.5 Å². The molecule has 2 atom stereocenters. The summed E-state index contributed by atoms with van der Waals surface area (Å²) in [4.78, 5) is 0. The van der Waals surface area contributed by atoms with E-state index in [1.165, 1.54) is 9.77 Å². The Morgan fingerprint density at radius 2 is 2.24 bits per heavy atom. The maximum atomic E-state index is 6.18. The van der Waals surface area contributed by atoms with Crippen molar-refractivity contribution < 1.29 is 4.74 Å². The molecule has 2 heterocycles. The Kier molecular flexibility index (Phi) is 4.74. The number of ether oxygens (including phenoxy) is 1. The summed E-state index contributed by atoms with van der Waals surface area (Å²) in [6.45, 7) is 2.27. The minimum absolute atomic E-state index is 0.293. The Hall–Kier alpha value is -0.360. The lowest BCUT2D eigenvalue weighted by Crippen LogP contribution is -2.19. The molecule has 0 spiro atoms. The van der Waals surface area contributed by atoms with Crippen molar-refractivity contribution in [3.63, 3.8) is 0 Å². The van der Waals surface area contributed by atoms with Crippen LogP contribution in [0.2, 0.25) is 5.02 Å². The molecular weight excluding hydrogens is 390 g/mol.